The minimum atomic E-state index is -3.75. The van der Waals surface area contributed by atoms with E-state index in [9.17, 15) is 13.2 Å². The SMILES string of the molecule is C=C(Br)CNC(=O)/C=C/c1ccc(S(=O)(=O)Nc2ccccc2Cl)cc1. The molecule has 2 N–H and O–H groups in total. The third-order valence-electron chi connectivity index (χ3n) is 3.19. The molecule has 8 heteroatoms. The predicted octanol–water partition coefficient (Wildman–Crippen LogP) is 4.18. The zero-order valence-corrected chi connectivity index (χ0v) is 16.7. The van der Waals surface area contributed by atoms with Crippen LogP contribution in [-0.4, -0.2) is 20.9 Å². The van der Waals surface area contributed by atoms with Gasteiger partial charge in [-0.1, -0.05) is 58.4 Å². The van der Waals surface area contributed by atoms with E-state index in [4.69, 9.17) is 11.6 Å². The summed E-state index contributed by atoms with van der Waals surface area (Å²) in [6, 6.07) is 12.7. The van der Waals surface area contributed by atoms with E-state index in [0.717, 1.165) is 0 Å². The number of para-hydroxylation sites is 1. The lowest BCUT2D eigenvalue weighted by Gasteiger charge is -2.09. The molecule has 0 unspecified atom stereocenters. The van der Waals surface area contributed by atoms with Crippen LogP contribution in [0.5, 0.6) is 0 Å². The Balaban J connectivity index is 2.07. The van der Waals surface area contributed by atoms with Gasteiger partial charge in [-0.3, -0.25) is 9.52 Å². The van der Waals surface area contributed by atoms with Gasteiger partial charge in [0.1, 0.15) is 0 Å². The molecular weight excluding hydrogens is 440 g/mol. The van der Waals surface area contributed by atoms with Crippen LogP contribution in [0.25, 0.3) is 6.08 Å². The van der Waals surface area contributed by atoms with Gasteiger partial charge >= 0.3 is 0 Å². The monoisotopic (exact) mass is 454 g/mol. The third kappa shape index (κ3) is 6.01. The first-order valence-corrected chi connectivity index (χ1v) is 10.1. The minimum absolute atomic E-state index is 0.0922. The van der Waals surface area contributed by atoms with Crippen LogP contribution in [0.3, 0.4) is 0 Å². The molecule has 5 nitrogen and oxygen atoms in total. The van der Waals surface area contributed by atoms with Crippen molar-refractivity contribution >= 4 is 55.2 Å². The first-order chi connectivity index (χ1) is 12.3. The van der Waals surface area contributed by atoms with Crippen LogP contribution in [0.4, 0.5) is 5.69 Å². The number of carbonyl (C=O) groups is 1. The lowest BCUT2D eigenvalue weighted by Crippen LogP contribution is -2.21. The number of carbonyl (C=O) groups excluding carboxylic acids is 1. The topological polar surface area (TPSA) is 75.3 Å². The molecular formula is C18H16BrClN2O3S. The molecule has 26 heavy (non-hydrogen) atoms. The fourth-order valence-electron chi connectivity index (χ4n) is 1.92. The van der Waals surface area contributed by atoms with Crippen LogP contribution in [0.1, 0.15) is 5.56 Å². The Morgan fingerprint density at radius 1 is 1.15 bits per heavy atom. The molecule has 1 amide bonds. The van der Waals surface area contributed by atoms with E-state index in [1.54, 1.807) is 42.5 Å². The van der Waals surface area contributed by atoms with Gasteiger partial charge in [0, 0.05) is 17.1 Å². The molecule has 0 radical (unpaired) electrons. The Hall–Kier alpha value is -2.09. The second kappa shape index (κ2) is 9.02. The number of rotatable bonds is 7. The Morgan fingerprint density at radius 2 is 1.81 bits per heavy atom. The number of hydrogen-bond donors (Lipinski definition) is 2. The fourth-order valence-corrected chi connectivity index (χ4v) is 3.38. The molecule has 0 aliphatic heterocycles. The van der Waals surface area contributed by atoms with E-state index in [-0.39, 0.29) is 10.8 Å². The van der Waals surface area contributed by atoms with E-state index < -0.39 is 10.0 Å². The van der Waals surface area contributed by atoms with Crippen molar-refractivity contribution in [3.63, 3.8) is 0 Å². The average Bonchev–Trinajstić information content (AvgIpc) is 2.60. The summed E-state index contributed by atoms with van der Waals surface area (Å²) < 4.78 is 27.9. The highest BCUT2D eigenvalue weighted by Crippen LogP contribution is 2.24. The molecule has 0 saturated heterocycles. The van der Waals surface area contributed by atoms with Crippen molar-refractivity contribution in [1.82, 2.24) is 5.32 Å². The zero-order chi connectivity index (χ0) is 19.2. The second-order valence-corrected chi connectivity index (χ2v) is 8.43. The summed E-state index contributed by atoms with van der Waals surface area (Å²) in [6.45, 7) is 3.95. The third-order valence-corrected chi connectivity index (χ3v) is 5.18. The average molecular weight is 456 g/mol. The summed E-state index contributed by atoms with van der Waals surface area (Å²) in [5.74, 6) is -0.275. The molecule has 0 fully saturated rings. The molecule has 2 rings (SSSR count). The summed E-state index contributed by atoms with van der Waals surface area (Å²) in [4.78, 5) is 11.7. The molecule has 0 aliphatic rings. The maximum atomic E-state index is 12.4. The molecule has 136 valence electrons. The van der Waals surface area contributed by atoms with Crippen molar-refractivity contribution in [2.75, 3.05) is 11.3 Å². The Kier molecular flexibility index (Phi) is 7.02. The van der Waals surface area contributed by atoms with Crippen molar-refractivity contribution in [2.45, 2.75) is 4.90 Å². The van der Waals surface area contributed by atoms with E-state index >= 15 is 0 Å². The van der Waals surface area contributed by atoms with Gasteiger partial charge in [0.15, 0.2) is 0 Å². The molecule has 0 bridgehead atoms. The van der Waals surface area contributed by atoms with Gasteiger partial charge in [0.2, 0.25) is 5.91 Å². The smallest absolute Gasteiger partial charge is 0.261 e. The highest BCUT2D eigenvalue weighted by Gasteiger charge is 2.15. The first-order valence-electron chi connectivity index (χ1n) is 7.44. The number of amides is 1. The summed E-state index contributed by atoms with van der Waals surface area (Å²) in [7, 11) is -3.75. The number of halogens is 2. The van der Waals surface area contributed by atoms with Gasteiger partial charge in [-0.05, 0) is 35.9 Å². The molecule has 0 saturated carbocycles. The van der Waals surface area contributed by atoms with E-state index in [1.807, 2.05) is 0 Å². The van der Waals surface area contributed by atoms with Crippen molar-refractivity contribution in [1.29, 1.82) is 0 Å². The van der Waals surface area contributed by atoms with E-state index in [0.29, 0.717) is 27.3 Å². The molecule has 0 aliphatic carbocycles. The minimum Gasteiger partial charge on any atom is -0.348 e. The summed E-state index contributed by atoms with van der Waals surface area (Å²) in [5, 5.41) is 2.94. The van der Waals surface area contributed by atoms with Crippen LogP contribution in [0.2, 0.25) is 5.02 Å². The van der Waals surface area contributed by atoms with Crippen molar-refractivity contribution < 1.29 is 13.2 Å². The number of hydrogen-bond acceptors (Lipinski definition) is 3. The van der Waals surface area contributed by atoms with Crippen LogP contribution in [-0.2, 0) is 14.8 Å². The first kappa shape index (κ1) is 20.2. The normalized spacial score (nSPS) is 11.3. The van der Waals surface area contributed by atoms with Crippen LogP contribution in [0, 0.1) is 0 Å². The maximum Gasteiger partial charge on any atom is 0.261 e. The van der Waals surface area contributed by atoms with Gasteiger partial charge < -0.3 is 5.32 Å². The Morgan fingerprint density at radius 3 is 2.42 bits per heavy atom. The standard InChI is InChI=1S/C18H16BrClN2O3S/c1-13(19)12-21-18(23)11-8-14-6-9-15(10-7-14)26(24,25)22-17-5-3-2-4-16(17)20/h2-11,22H,1,12H2,(H,21,23)/b11-8+. The summed E-state index contributed by atoms with van der Waals surface area (Å²) >= 11 is 9.13. The highest BCUT2D eigenvalue weighted by molar-refractivity contribution is 9.11. The Bertz CT molecular complexity index is 941. The summed E-state index contributed by atoms with van der Waals surface area (Å²) in [5.41, 5.74) is 0.998. The van der Waals surface area contributed by atoms with Crippen molar-refractivity contribution in [3.8, 4) is 0 Å². The number of anilines is 1. The van der Waals surface area contributed by atoms with E-state index in [2.05, 4.69) is 32.5 Å². The van der Waals surface area contributed by atoms with Crippen LogP contribution in [0.15, 0.2) is 70.6 Å². The Labute approximate surface area is 165 Å². The predicted molar refractivity (Wildman–Crippen MR) is 109 cm³/mol. The highest BCUT2D eigenvalue weighted by atomic mass is 79.9. The molecule has 0 spiro atoms. The van der Waals surface area contributed by atoms with E-state index in [1.165, 1.54) is 18.2 Å². The van der Waals surface area contributed by atoms with Gasteiger partial charge in [0.05, 0.1) is 15.6 Å². The molecule has 2 aromatic rings. The van der Waals surface area contributed by atoms with Crippen molar-refractivity contribution in [2.24, 2.45) is 0 Å². The second-order valence-electron chi connectivity index (χ2n) is 5.22. The van der Waals surface area contributed by atoms with Gasteiger partial charge in [-0.15, -0.1) is 0 Å². The number of sulfonamides is 1. The van der Waals surface area contributed by atoms with Crippen LogP contribution < -0.4 is 10.0 Å². The number of nitrogens with one attached hydrogen (secondary N) is 2. The van der Waals surface area contributed by atoms with Crippen molar-refractivity contribution in [3.05, 3.63) is 76.3 Å². The molecule has 2 aromatic carbocycles. The van der Waals surface area contributed by atoms with Gasteiger partial charge in [-0.2, -0.15) is 0 Å². The quantitative estimate of drug-likeness (QED) is 0.615. The van der Waals surface area contributed by atoms with Crippen LogP contribution >= 0.6 is 27.5 Å². The molecule has 0 aromatic heterocycles. The van der Waals surface area contributed by atoms with Gasteiger partial charge in [-0.25, -0.2) is 8.42 Å². The summed E-state index contributed by atoms with van der Waals surface area (Å²) in [6.07, 6.45) is 2.95. The molecule has 0 atom stereocenters. The zero-order valence-electron chi connectivity index (χ0n) is 13.6. The maximum absolute atomic E-state index is 12.4. The lowest BCUT2D eigenvalue weighted by atomic mass is 10.2. The number of benzene rings is 2. The fraction of sp³-hybridized carbons (Fsp3) is 0.0556. The molecule has 0 heterocycles. The lowest BCUT2D eigenvalue weighted by molar-refractivity contribution is -0.116. The largest absolute Gasteiger partial charge is 0.348 e. The van der Waals surface area contributed by atoms with Gasteiger partial charge in [0.25, 0.3) is 10.0 Å².